The van der Waals surface area contributed by atoms with Crippen molar-refractivity contribution < 1.29 is 18.2 Å². The molecule has 2 aliphatic rings. The third-order valence-corrected chi connectivity index (χ3v) is 4.74. The van der Waals surface area contributed by atoms with E-state index in [0.29, 0.717) is 24.2 Å². The van der Waals surface area contributed by atoms with E-state index in [1.54, 1.807) is 0 Å². The van der Waals surface area contributed by atoms with E-state index in [9.17, 15) is 0 Å². The molecule has 3 heterocycles. The molecule has 2 saturated heterocycles. The van der Waals surface area contributed by atoms with Crippen LogP contribution in [0.15, 0.2) is 18.4 Å². The average molecular weight is 292 g/mol. The van der Waals surface area contributed by atoms with Gasteiger partial charge in [-0.15, -0.1) is 0 Å². The van der Waals surface area contributed by atoms with E-state index in [4.69, 9.17) is 18.2 Å². The molecule has 114 valence electrons. The molecule has 2 aliphatic heterocycles. The van der Waals surface area contributed by atoms with Gasteiger partial charge in [0.1, 0.15) is 0 Å². The van der Waals surface area contributed by atoms with Crippen LogP contribution in [0.4, 0.5) is 0 Å². The van der Waals surface area contributed by atoms with Crippen LogP contribution in [0.25, 0.3) is 0 Å². The lowest BCUT2D eigenvalue weighted by molar-refractivity contribution is 0.00578. The number of ether oxygens (including phenoxy) is 1. The Hall–Kier alpha value is -0.905. The maximum absolute atomic E-state index is 8.61. The molecule has 0 aromatic carbocycles. The van der Waals surface area contributed by atoms with Gasteiger partial charge in [-0.05, 0) is 52.0 Å². The lowest BCUT2D eigenvalue weighted by Crippen LogP contribution is -2.41. The van der Waals surface area contributed by atoms with Gasteiger partial charge in [0.2, 0.25) is 0 Å². The predicted molar refractivity (Wildman–Crippen MR) is 82.7 cm³/mol. The Kier molecular flexibility index (Phi) is 2.98. The van der Waals surface area contributed by atoms with E-state index in [1.807, 2.05) is 27.7 Å². The van der Waals surface area contributed by atoms with Crippen molar-refractivity contribution in [3.8, 4) is 0 Å². The summed E-state index contributed by atoms with van der Waals surface area (Å²) in [6, 6.07) is 0.158. The number of pyridine rings is 1. The standard InChI is InChI=1S/C16H24BNO3/c1-15(2)16(3,4)21-17(20-15)14-9-13(10-18-11-14)12-5-7-19-8-6-12/h9-12H,5-8H2,1-4H3/i9D,10D,11D. The first-order chi connectivity index (χ1) is 11.1. The van der Waals surface area contributed by atoms with Gasteiger partial charge in [0.25, 0.3) is 0 Å². The lowest BCUT2D eigenvalue weighted by atomic mass is 9.78. The Morgan fingerprint density at radius 2 is 1.76 bits per heavy atom. The van der Waals surface area contributed by atoms with Gasteiger partial charge in [-0.1, -0.05) is 6.04 Å². The van der Waals surface area contributed by atoms with E-state index < -0.39 is 18.3 Å². The van der Waals surface area contributed by atoms with Gasteiger partial charge >= 0.3 is 7.12 Å². The van der Waals surface area contributed by atoms with Crippen LogP contribution in [0, 0.1) is 0 Å². The van der Waals surface area contributed by atoms with Crippen molar-refractivity contribution in [2.24, 2.45) is 0 Å². The van der Waals surface area contributed by atoms with Gasteiger partial charge in [0.15, 0.2) is 0 Å². The molecule has 0 spiro atoms. The summed E-state index contributed by atoms with van der Waals surface area (Å²) >= 11 is 0. The normalized spacial score (nSPS) is 27.2. The number of hydrogen-bond donors (Lipinski definition) is 0. The highest BCUT2D eigenvalue weighted by atomic mass is 16.7. The van der Waals surface area contributed by atoms with E-state index in [1.165, 1.54) is 0 Å². The highest BCUT2D eigenvalue weighted by Crippen LogP contribution is 2.36. The fourth-order valence-electron chi connectivity index (χ4n) is 2.60. The van der Waals surface area contributed by atoms with Gasteiger partial charge in [-0.2, -0.15) is 0 Å². The maximum Gasteiger partial charge on any atom is 0.496 e. The van der Waals surface area contributed by atoms with Crippen LogP contribution in [-0.2, 0) is 14.0 Å². The van der Waals surface area contributed by atoms with Gasteiger partial charge in [-0.25, -0.2) is 0 Å². The van der Waals surface area contributed by atoms with Crippen LogP contribution < -0.4 is 5.46 Å². The van der Waals surface area contributed by atoms with Crippen LogP contribution in [0.1, 0.15) is 56.1 Å². The number of rotatable bonds is 2. The van der Waals surface area contributed by atoms with Crippen molar-refractivity contribution in [3.05, 3.63) is 24.0 Å². The second kappa shape index (κ2) is 5.38. The van der Waals surface area contributed by atoms with Crippen molar-refractivity contribution in [1.29, 1.82) is 0 Å². The number of hydrogen-bond acceptors (Lipinski definition) is 4. The Morgan fingerprint density at radius 1 is 1.14 bits per heavy atom. The minimum atomic E-state index is -0.804. The summed E-state index contributed by atoms with van der Waals surface area (Å²) in [7, 11) is -0.804. The Bertz CT molecular complexity index is 632. The molecule has 0 unspecified atom stereocenters. The minimum Gasteiger partial charge on any atom is -0.399 e. The highest BCUT2D eigenvalue weighted by molar-refractivity contribution is 6.62. The summed E-state index contributed by atoms with van der Waals surface area (Å²) < 4.78 is 42.3. The molecule has 21 heavy (non-hydrogen) atoms. The number of nitrogens with zero attached hydrogens (tertiary/aromatic N) is 1. The summed E-state index contributed by atoms with van der Waals surface area (Å²) in [5, 5.41) is 0. The predicted octanol–water partition coefficient (Wildman–Crippen LogP) is 2.27. The first-order valence-corrected chi connectivity index (χ1v) is 7.55. The van der Waals surface area contributed by atoms with Crippen LogP contribution in [0.5, 0.6) is 0 Å². The summed E-state index contributed by atoms with van der Waals surface area (Å²) in [5.74, 6) is 0.0630. The summed E-state index contributed by atoms with van der Waals surface area (Å²) in [6.07, 6.45) is 1.43. The SMILES string of the molecule is [2H]c1nc([2H])c(C2CCOCC2)c([2H])c1B1OC(C)(C)C(C)(C)O1. The summed E-state index contributed by atoms with van der Waals surface area (Å²) in [5.41, 5.74) is -0.186. The summed E-state index contributed by atoms with van der Waals surface area (Å²) in [6.45, 7) is 8.99. The van der Waals surface area contributed by atoms with E-state index in [-0.39, 0.29) is 24.3 Å². The smallest absolute Gasteiger partial charge is 0.399 e. The van der Waals surface area contributed by atoms with Crippen molar-refractivity contribution in [1.82, 2.24) is 4.98 Å². The molecule has 0 bridgehead atoms. The molecule has 2 fully saturated rings. The molecular formula is C16H24BNO3. The zero-order valence-electron chi connectivity index (χ0n) is 16.2. The molecule has 0 saturated carbocycles. The van der Waals surface area contributed by atoms with Gasteiger partial charge in [-0.3, -0.25) is 4.98 Å². The molecule has 1 aromatic rings. The Labute approximate surface area is 131 Å². The molecule has 3 rings (SSSR count). The first-order valence-electron chi connectivity index (χ1n) is 9.05. The third-order valence-electron chi connectivity index (χ3n) is 4.74. The van der Waals surface area contributed by atoms with Crippen molar-refractivity contribution in [3.63, 3.8) is 0 Å². The topological polar surface area (TPSA) is 40.6 Å². The monoisotopic (exact) mass is 292 g/mol. The molecule has 0 radical (unpaired) electrons. The van der Waals surface area contributed by atoms with E-state index >= 15 is 0 Å². The Morgan fingerprint density at radius 3 is 2.38 bits per heavy atom. The lowest BCUT2D eigenvalue weighted by Gasteiger charge is -2.32. The number of aromatic nitrogens is 1. The average Bonchev–Trinajstić information content (AvgIpc) is 2.67. The fourth-order valence-corrected chi connectivity index (χ4v) is 2.60. The summed E-state index contributed by atoms with van der Waals surface area (Å²) in [4.78, 5) is 4.06. The third kappa shape index (κ3) is 2.87. The Balaban J connectivity index is 2.03. The van der Waals surface area contributed by atoms with Gasteiger partial charge < -0.3 is 14.0 Å². The second-order valence-corrected chi connectivity index (χ2v) is 6.76. The zero-order chi connectivity index (χ0) is 17.7. The second-order valence-electron chi connectivity index (χ2n) is 6.76. The first kappa shape index (κ1) is 11.6. The van der Waals surface area contributed by atoms with Crippen LogP contribution in [0.2, 0.25) is 0 Å². The largest absolute Gasteiger partial charge is 0.496 e. The molecule has 5 heteroatoms. The highest BCUT2D eigenvalue weighted by Gasteiger charge is 2.51. The maximum atomic E-state index is 8.61. The molecule has 0 atom stereocenters. The van der Waals surface area contributed by atoms with Crippen molar-refractivity contribution >= 4 is 12.6 Å². The molecule has 0 amide bonds. The van der Waals surface area contributed by atoms with Crippen molar-refractivity contribution in [2.45, 2.75) is 57.7 Å². The van der Waals surface area contributed by atoms with E-state index in [0.717, 1.165) is 12.8 Å². The molecule has 4 nitrogen and oxygen atoms in total. The van der Waals surface area contributed by atoms with Crippen LogP contribution in [0.3, 0.4) is 0 Å². The quantitative estimate of drug-likeness (QED) is 0.784. The van der Waals surface area contributed by atoms with Gasteiger partial charge in [0.05, 0.1) is 15.3 Å². The fraction of sp³-hybridized carbons (Fsp3) is 0.688. The van der Waals surface area contributed by atoms with Crippen LogP contribution >= 0.6 is 0 Å². The molecule has 0 aliphatic carbocycles. The molecule has 0 N–H and O–H groups in total. The van der Waals surface area contributed by atoms with Crippen molar-refractivity contribution in [2.75, 3.05) is 13.2 Å². The van der Waals surface area contributed by atoms with Gasteiger partial charge in [0, 0.05) is 31.0 Å². The molecule has 1 aromatic heterocycles. The van der Waals surface area contributed by atoms with Crippen LogP contribution in [-0.4, -0.2) is 36.5 Å². The van der Waals surface area contributed by atoms with E-state index in [2.05, 4.69) is 4.98 Å². The molecular weight excluding hydrogens is 265 g/mol. The zero-order valence-corrected chi connectivity index (χ0v) is 13.2. The minimum absolute atomic E-state index is 0.0113.